The summed E-state index contributed by atoms with van der Waals surface area (Å²) in [5, 5.41) is -8.32. The van der Waals surface area contributed by atoms with Gasteiger partial charge >= 0.3 is 93.0 Å². The Morgan fingerprint density at radius 1 is 0.333 bits per heavy atom. The summed E-state index contributed by atoms with van der Waals surface area (Å²) in [4.78, 5) is 0. The molecule has 0 aliphatic rings. The molecule has 0 aromatic carbocycles. The van der Waals surface area contributed by atoms with Crippen LogP contribution in [0.3, 0.4) is 0 Å². The van der Waals surface area contributed by atoms with E-state index in [9.17, 15) is 136 Å². The summed E-state index contributed by atoms with van der Waals surface area (Å²) >= 11 is 0. The molecule has 1 N–H and O–H groups in total. The number of hydrogen-bond acceptors (Lipinski definition) is 3. The lowest BCUT2D eigenvalue weighted by Crippen LogP contribution is -2.77. The number of ether oxygens (including phenoxy) is 1. The fourth-order valence-corrected chi connectivity index (χ4v) is 2.95. The maximum absolute atomic E-state index is 13.7. The molecule has 0 amide bonds. The van der Waals surface area contributed by atoms with E-state index in [0.29, 0.717) is 4.74 Å². The first-order valence-corrected chi connectivity index (χ1v) is 11.0. The van der Waals surface area contributed by atoms with E-state index in [0.717, 1.165) is 0 Å². The van der Waals surface area contributed by atoms with E-state index in [1.807, 2.05) is 0 Å². The van der Waals surface area contributed by atoms with Crippen LogP contribution >= 0.6 is 0 Å². The van der Waals surface area contributed by atoms with Crippen molar-refractivity contribution in [2.24, 2.45) is 0 Å². The Morgan fingerprint density at radius 3 is 0.750 bits per heavy atom. The molecule has 0 bridgehead atoms. The van der Waals surface area contributed by atoms with Gasteiger partial charge in [0.25, 0.3) is 0 Å². The first-order chi connectivity index (χ1) is 20.0. The number of rotatable bonds is 13. The molecule has 0 aliphatic carbocycles. The highest BCUT2D eigenvalue weighted by Crippen LogP contribution is 2.67. The van der Waals surface area contributed by atoms with Crippen LogP contribution in [-0.2, 0) is 14.9 Å². The predicted molar refractivity (Wildman–Crippen MR) is 83.0 cm³/mol. The van der Waals surface area contributed by atoms with Crippen LogP contribution in [0.2, 0.25) is 0 Å². The van der Waals surface area contributed by atoms with Gasteiger partial charge in [0.15, 0.2) is 0 Å². The van der Waals surface area contributed by atoms with Crippen molar-refractivity contribution in [1.82, 2.24) is 0 Å². The van der Waals surface area contributed by atoms with Crippen molar-refractivity contribution in [2.75, 3.05) is 0 Å². The van der Waals surface area contributed by atoms with E-state index in [2.05, 4.69) is 0 Å². The number of alkyl halides is 29. The smallest absolute Gasteiger partial charge is 0.281 e. The largest absolute Gasteiger partial charge is 0.440 e. The molecule has 0 rings (SSSR count). The summed E-state index contributed by atoms with van der Waals surface area (Å²) in [6, 6.07) is 0. The van der Waals surface area contributed by atoms with E-state index in [-0.39, 0.29) is 0 Å². The molecule has 0 fully saturated rings. The Balaban J connectivity index is 7.49. The molecule has 0 saturated heterocycles. The quantitative estimate of drug-likeness (QED) is 0.150. The average Bonchev–Trinajstić information content (AvgIpc) is 2.79. The molecule has 48 heavy (non-hydrogen) atoms. The van der Waals surface area contributed by atoms with Crippen LogP contribution in [-0.4, -0.2) is 95.8 Å². The minimum atomic E-state index is -9.93. The first-order valence-electron chi connectivity index (χ1n) is 9.61. The Bertz CT molecular complexity index is 1290. The summed E-state index contributed by atoms with van der Waals surface area (Å²) in [6.45, 7) is 0. The molecule has 0 aromatic rings. The summed E-state index contributed by atoms with van der Waals surface area (Å²) in [7, 11) is -8.34. The van der Waals surface area contributed by atoms with E-state index < -0.39 is 93.0 Å². The second-order valence-electron chi connectivity index (χ2n) is 8.38. The van der Waals surface area contributed by atoms with Gasteiger partial charge in [0.2, 0.25) is 0 Å². The molecule has 34 heteroatoms. The van der Waals surface area contributed by atoms with Gasteiger partial charge in [-0.3, -0.25) is 4.55 Å². The van der Waals surface area contributed by atoms with Crippen LogP contribution in [0.15, 0.2) is 0 Å². The van der Waals surface area contributed by atoms with Crippen molar-refractivity contribution in [1.29, 1.82) is 0 Å². The van der Waals surface area contributed by atoms with E-state index >= 15 is 0 Å². The zero-order chi connectivity index (χ0) is 40.2. The second-order valence-corrected chi connectivity index (χ2v) is 9.84. The highest BCUT2D eigenvalue weighted by molar-refractivity contribution is 7.87. The lowest BCUT2D eigenvalue weighted by Gasteiger charge is -2.45. The van der Waals surface area contributed by atoms with E-state index in [1.54, 1.807) is 0 Å². The van der Waals surface area contributed by atoms with Crippen LogP contribution in [0, 0.1) is 0 Å². The van der Waals surface area contributed by atoms with Crippen molar-refractivity contribution < 1.29 is 145 Å². The zero-order valence-corrected chi connectivity index (χ0v) is 20.9. The third kappa shape index (κ3) is 5.51. The molecule has 290 valence electrons. The molecule has 0 aromatic heterocycles. The van der Waals surface area contributed by atoms with Crippen molar-refractivity contribution in [3.63, 3.8) is 0 Å². The van der Waals surface area contributed by atoms with Crippen LogP contribution in [0.4, 0.5) is 127 Å². The standard InChI is InChI=1S/C14HF29O4S/c15-1(10(32,33)34,11(35,36)37)12(38,39)47-13(40,41)8(28,29)6(24,25)4(20,21)2(16,17)3(18,19)5(22,23)7(26,27)9(30,31)14(42,43)48(44,45)46/h(H,44,45,46). The molecule has 0 heterocycles. The molecule has 0 radical (unpaired) electrons. The lowest BCUT2D eigenvalue weighted by molar-refractivity contribution is -0.529. The minimum absolute atomic E-state index is 0.615. The first kappa shape index (κ1) is 45.8. The molecule has 4 nitrogen and oxygen atoms in total. The number of halogens is 29. The molecular weight excluding hydrogens is 815 g/mol. The van der Waals surface area contributed by atoms with Crippen molar-refractivity contribution in [3.05, 3.63) is 0 Å². The van der Waals surface area contributed by atoms with Gasteiger partial charge in [0.1, 0.15) is 0 Å². The highest BCUT2D eigenvalue weighted by Gasteiger charge is 2.99. The van der Waals surface area contributed by atoms with Crippen LogP contribution in [0.1, 0.15) is 0 Å². The summed E-state index contributed by atoms with van der Waals surface area (Å²) in [5.41, 5.74) is -8.82. The molecular formula is C14HF29O4S. The third-order valence-corrected chi connectivity index (χ3v) is 6.16. The van der Waals surface area contributed by atoms with Crippen LogP contribution < -0.4 is 0 Å². The van der Waals surface area contributed by atoms with Gasteiger partial charge < -0.3 is 0 Å². The van der Waals surface area contributed by atoms with Gasteiger partial charge in [0, 0.05) is 0 Å². The summed E-state index contributed by atoms with van der Waals surface area (Å²) in [6.07, 6.45) is -35.0. The number of hydrogen-bond donors (Lipinski definition) is 1. The van der Waals surface area contributed by atoms with Crippen LogP contribution in [0.5, 0.6) is 0 Å². The Hall–Kier alpha value is -2.16. The lowest BCUT2D eigenvalue weighted by atomic mass is 9.87. The Kier molecular flexibility index (Phi) is 10.4. The topological polar surface area (TPSA) is 63.6 Å². The fraction of sp³-hybridized carbons (Fsp3) is 1.00. The van der Waals surface area contributed by atoms with Crippen molar-refractivity contribution in [2.45, 2.75) is 82.9 Å². The molecule has 0 spiro atoms. The highest BCUT2D eigenvalue weighted by atomic mass is 32.2. The Labute approximate surface area is 239 Å². The SMILES string of the molecule is O=S(=O)(O)C(F)(F)C(F)(F)C(F)(F)C(F)(F)C(F)(F)C(F)(F)C(F)(F)C(F)(F)C(F)(F)C(F)(F)OC(F)(F)C(F)(C(F)(F)F)C(F)(F)F. The normalized spacial score (nSPS) is 17.2. The maximum Gasteiger partial charge on any atom is 0.440 e. The van der Waals surface area contributed by atoms with Gasteiger partial charge in [-0.2, -0.15) is 131 Å². The van der Waals surface area contributed by atoms with Gasteiger partial charge in [0.05, 0.1) is 0 Å². The molecule has 0 atom stereocenters. The third-order valence-electron chi connectivity index (χ3n) is 5.25. The van der Waals surface area contributed by atoms with Crippen LogP contribution in [0.25, 0.3) is 0 Å². The molecule has 0 aliphatic heterocycles. The average molecular weight is 816 g/mol. The predicted octanol–water partition coefficient (Wildman–Crippen LogP) is 8.58. The molecule has 0 saturated carbocycles. The summed E-state index contributed by atoms with van der Waals surface area (Å²) in [5.74, 6) is -77.3. The van der Waals surface area contributed by atoms with Gasteiger partial charge in [-0.15, -0.1) is 0 Å². The monoisotopic (exact) mass is 816 g/mol. The van der Waals surface area contributed by atoms with Gasteiger partial charge in [-0.25, -0.2) is 9.13 Å². The fourth-order valence-electron chi connectivity index (χ4n) is 2.50. The van der Waals surface area contributed by atoms with Gasteiger partial charge in [-0.1, -0.05) is 0 Å². The van der Waals surface area contributed by atoms with E-state index in [1.165, 1.54) is 0 Å². The molecule has 0 unspecified atom stereocenters. The zero-order valence-electron chi connectivity index (χ0n) is 20.0. The Morgan fingerprint density at radius 2 is 0.542 bits per heavy atom. The van der Waals surface area contributed by atoms with E-state index in [4.69, 9.17) is 4.55 Å². The minimum Gasteiger partial charge on any atom is -0.281 e. The summed E-state index contributed by atoms with van der Waals surface area (Å²) < 4.78 is 412. The van der Waals surface area contributed by atoms with Gasteiger partial charge in [-0.05, 0) is 0 Å². The second kappa shape index (κ2) is 10.9. The maximum atomic E-state index is 13.7. The van der Waals surface area contributed by atoms with Crippen molar-refractivity contribution in [3.8, 4) is 0 Å². The van der Waals surface area contributed by atoms with Crippen molar-refractivity contribution >= 4 is 10.1 Å².